The molecule has 0 bridgehead atoms. The summed E-state index contributed by atoms with van der Waals surface area (Å²) < 4.78 is 1.53. The van der Waals surface area contributed by atoms with E-state index in [1.54, 1.807) is 0 Å². The second-order valence-corrected chi connectivity index (χ2v) is 38.1. The van der Waals surface area contributed by atoms with Gasteiger partial charge in [-0.15, -0.1) is 0 Å². The second-order valence-electron chi connectivity index (χ2n) is 3.58. The molecular formula is C11H27NS3Sn. The molecule has 0 amide bonds. The predicted molar refractivity (Wildman–Crippen MR) is 87.9 cm³/mol. The van der Waals surface area contributed by atoms with Gasteiger partial charge < -0.3 is 0 Å². The van der Waals surface area contributed by atoms with E-state index in [0.29, 0.717) is 0 Å². The molecule has 0 aliphatic rings. The van der Waals surface area contributed by atoms with Crippen LogP contribution in [0.4, 0.5) is 0 Å². The van der Waals surface area contributed by atoms with Gasteiger partial charge in [-0.2, -0.15) is 0 Å². The van der Waals surface area contributed by atoms with Gasteiger partial charge in [0.1, 0.15) is 0 Å². The van der Waals surface area contributed by atoms with Gasteiger partial charge in [-0.25, -0.2) is 0 Å². The molecule has 0 aliphatic carbocycles. The molecule has 16 heavy (non-hydrogen) atoms. The first-order valence-electron chi connectivity index (χ1n) is 6.36. The molecule has 0 heterocycles. The number of unbranched alkanes of at least 4 members (excludes halogenated alkanes) is 2. The number of hydrogen-bond acceptors (Lipinski definition) is 4. The zero-order valence-electron chi connectivity index (χ0n) is 11.0. The molecule has 1 nitrogen and oxygen atoms in total. The standard InChI is InChI=1S/C5H12N.3C2H6S.Sn/c1-2-3-4-5-6;3*1-2-3;/h1-6H2;3*3H,2H2,1H3;/q;;;;+3/p-3. The summed E-state index contributed by atoms with van der Waals surface area (Å²) in [6.07, 6.45) is 3.97. The molecule has 0 saturated carbocycles. The Morgan fingerprint density at radius 1 is 0.812 bits per heavy atom. The van der Waals surface area contributed by atoms with Crippen LogP contribution in [0.3, 0.4) is 0 Å². The predicted octanol–water partition coefficient (Wildman–Crippen LogP) is 4.31. The van der Waals surface area contributed by atoms with Crippen molar-refractivity contribution in [2.45, 2.75) is 44.5 Å². The number of rotatable bonds is 11. The monoisotopic (exact) mass is 389 g/mol. The van der Waals surface area contributed by atoms with Crippen LogP contribution in [0.2, 0.25) is 4.44 Å². The molecule has 0 rings (SSSR count). The van der Waals surface area contributed by atoms with Crippen molar-refractivity contribution in [1.29, 1.82) is 0 Å². The van der Waals surface area contributed by atoms with Gasteiger partial charge in [0.25, 0.3) is 0 Å². The van der Waals surface area contributed by atoms with E-state index < -0.39 is 14.2 Å². The van der Waals surface area contributed by atoms with E-state index in [2.05, 4.69) is 47.6 Å². The van der Waals surface area contributed by atoms with Crippen LogP contribution in [0.5, 0.6) is 0 Å². The molecule has 0 aromatic heterocycles. The third-order valence-electron chi connectivity index (χ3n) is 2.28. The molecule has 0 aromatic rings. The van der Waals surface area contributed by atoms with Gasteiger partial charge in [-0.3, -0.25) is 0 Å². The van der Waals surface area contributed by atoms with Crippen molar-refractivity contribution in [3.8, 4) is 0 Å². The van der Waals surface area contributed by atoms with Crippen LogP contribution in [0.15, 0.2) is 0 Å². The summed E-state index contributed by atoms with van der Waals surface area (Å²) in [5, 5.41) is 0. The summed E-state index contributed by atoms with van der Waals surface area (Å²) in [4.78, 5) is 0. The average molecular weight is 388 g/mol. The quantitative estimate of drug-likeness (QED) is 0.421. The van der Waals surface area contributed by atoms with Crippen LogP contribution in [0.25, 0.3) is 0 Å². The number of nitrogens with two attached hydrogens (primary N) is 1. The van der Waals surface area contributed by atoms with Crippen molar-refractivity contribution >= 4 is 41.1 Å². The van der Waals surface area contributed by atoms with Crippen molar-refractivity contribution in [3.05, 3.63) is 0 Å². The fourth-order valence-corrected chi connectivity index (χ4v) is 44.9. The molecular weight excluding hydrogens is 361 g/mol. The summed E-state index contributed by atoms with van der Waals surface area (Å²) in [5.41, 5.74) is 5.56. The molecule has 2 N–H and O–H groups in total. The third-order valence-corrected chi connectivity index (χ3v) is 44.3. The summed E-state index contributed by atoms with van der Waals surface area (Å²) in [7, 11) is 7.01. The third kappa shape index (κ3) is 8.01. The SMILES string of the molecule is CC[S][Sn]([CH2]CCCCN)([S]CC)[S]CC. The Bertz CT molecular complexity index is 141. The summed E-state index contributed by atoms with van der Waals surface area (Å²) in [5.74, 6) is 3.94. The first kappa shape index (κ1) is 17.8. The number of hydrogen-bond donors (Lipinski definition) is 1. The first-order valence-corrected chi connectivity index (χ1v) is 21.8. The second kappa shape index (κ2) is 11.9. The van der Waals surface area contributed by atoms with Crippen LogP contribution in [-0.4, -0.2) is 38.0 Å². The Morgan fingerprint density at radius 2 is 1.31 bits per heavy atom. The van der Waals surface area contributed by atoms with Crippen LogP contribution in [0.1, 0.15) is 40.0 Å². The molecule has 0 radical (unpaired) electrons. The zero-order chi connectivity index (χ0) is 12.3. The minimum atomic E-state index is -1.93. The van der Waals surface area contributed by atoms with Gasteiger partial charge in [0.05, 0.1) is 0 Å². The topological polar surface area (TPSA) is 26.0 Å². The van der Waals surface area contributed by atoms with E-state index in [4.69, 9.17) is 5.73 Å². The summed E-state index contributed by atoms with van der Waals surface area (Å²) in [6, 6.07) is 0. The van der Waals surface area contributed by atoms with Crippen molar-refractivity contribution in [2.24, 2.45) is 5.73 Å². The van der Waals surface area contributed by atoms with E-state index in [0.717, 1.165) is 6.54 Å². The van der Waals surface area contributed by atoms with Gasteiger partial charge in [0.2, 0.25) is 0 Å². The summed E-state index contributed by atoms with van der Waals surface area (Å²) >= 11 is -1.93. The summed E-state index contributed by atoms with van der Waals surface area (Å²) in [6.45, 7) is 7.83. The Balaban J connectivity index is 4.12. The van der Waals surface area contributed by atoms with Crippen LogP contribution < -0.4 is 5.73 Å². The van der Waals surface area contributed by atoms with Crippen molar-refractivity contribution < 1.29 is 0 Å². The van der Waals surface area contributed by atoms with Gasteiger partial charge in [0, 0.05) is 0 Å². The van der Waals surface area contributed by atoms with Crippen LogP contribution in [-0.2, 0) is 0 Å². The van der Waals surface area contributed by atoms with E-state index in [-0.39, 0.29) is 0 Å². The Morgan fingerprint density at radius 3 is 1.69 bits per heavy atom. The van der Waals surface area contributed by atoms with Gasteiger partial charge in [0.15, 0.2) is 0 Å². The van der Waals surface area contributed by atoms with Gasteiger partial charge in [-0.05, 0) is 0 Å². The van der Waals surface area contributed by atoms with Crippen molar-refractivity contribution in [1.82, 2.24) is 0 Å². The van der Waals surface area contributed by atoms with Crippen LogP contribution >= 0.6 is 26.8 Å². The van der Waals surface area contributed by atoms with E-state index in [9.17, 15) is 0 Å². The molecule has 0 fully saturated rings. The Hall–Kier alpha value is 1.81. The fourth-order valence-electron chi connectivity index (χ4n) is 1.66. The molecule has 0 atom stereocenters. The van der Waals surface area contributed by atoms with Crippen LogP contribution in [0, 0.1) is 0 Å². The van der Waals surface area contributed by atoms with E-state index in [1.807, 2.05) is 0 Å². The molecule has 0 aliphatic heterocycles. The Kier molecular flexibility index (Phi) is 13.2. The molecule has 0 unspecified atom stereocenters. The molecule has 5 heteroatoms. The average Bonchev–Trinajstić information content (AvgIpc) is 2.26. The van der Waals surface area contributed by atoms with Gasteiger partial charge >= 0.3 is 115 Å². The Labute approximate surface area is 114 Å². The maximum absolute atomic E-state index is 5.56. The molecule has 0 saturated heterocycles. The molecule has 0 aromatic carbocycles. The van der Waals surface area contributed by atoms with E-state index >= 15 is 0 Å². The minimum absolute atomic E-state index is 0.866. The first-order chi connectivity index (χ1) is 7.74. The van der Waals surface area contributed by atoms with Crippen molar-refractivity contribution in [3.63, 3.8) is 0 Å². The maximum atomic E-state index is 5.56. The zero-order valence-corrected chi connectivity index (χ0v) is 16.3. The molecule has 98 valence electrons. The van der Waals surface area contributed by atoms with E-state index in [1.165, 1.54) is 41.0 Å². The van der Waals surface area contributed by atoms with Gasteiger partial charge in [-0.1, -0.05) is 0 Å². The fraction of sp³-hybridized carbons (Fsp3) is 1.00. The van der Waals surface area contributed by atoms with Crippen molar-refractivity contribution in [2.75, 3.05) is 23.8 Å². The normalized spacial score (nSPS) is 12.0. The molecule has 0 spiro atoms.